The van der Waals surface area contributed by atoms with E-state index >= 15 is 0 Å². The van der Waals surface area contributed by atoms with Crippen molar-refractivity contribution in [2.75, 3.05) is 13.1 Å². The predicted molar refractivity (Wildman–Crippen MR) is 79.7 cm³/mol. The Kier molecular flexibility index (Phi) is 4.08. The topological polar surface area (TPSA) is 45.2 Å². The largest absolute Gasteiger partial charge is 0.348 e. The first-order valence-electron chi connectivity index (χ1n) is 6.77. The number of carbonyl (C=O) groups excluding carboxylic acids is 1. The molecule has 1 amide bonds. The normalized spacial score (nSPS) is 19.1. The molecule has 0 aliphatic carbocycles. The molecule has 20 heavy (non-hydrogen) atoms. The van der Waals surface area contributed by atoms with E-state index in [1.54, 1.807) is 11.3 Å². The van der Waals surface area contributed by atoms with E-state index in [4.69, 9.17) is 0 Å². The van der Waals surface area contributed by atoms with E-state index in [-0.39, 0.29) is 11.9 Å². The number of aromatic nitrogens is 1. The molecule has 0 unspecified atom stereocenters. The molecule has 0 bridgehead atoms. The summed E-state index contributed by atoms with van der Waals surface area (Å²) in [5.74, 6) is 0.0234. The molecule has 1 saturated heterocycles. The number of nitrogens with zero attached hydrogens (tertiary/aromatic N) is 2. The summed E-state index contributed by atoms with van der Waals surface area (Å²) >= 11 is 1.68. The maximum atomic E-state index is 12.1. The quantitative estimate of drug-likeness (QED) is 0.937. The van der Waals surface area contributed by atoms with Crippen molar-refractivity contribution in [1.29, 1.82) is 0 Å². The Balaban J connectivity index is 1.52. The monoisotopic (exact) mass is 287 g/mol. The molecule has 1 aromatic carbocycles. The summed E-state index contributed by atoms with van der Waals surface area (Å²) < 4.78 is 0. The zero-order valence-electron chi connectivity index (χ0n) is 11.2. The summed E-state index contributed by atoms with van der Waals surface area (Å²) in [5.41, 5.74) is 2.59. The molecule has 104 valence electrons. The second-order valence-electron chi connectivity index (χ2n) is 5.03. The summed E-state index contributed by atoms with van der Waals surface area (Å²) in [4.78, 5) is 19.8. The molecule has 1 N–H and O–H groups in total. The summed E-state index contributed by atoms with van der Waals surface area (Å²) in [6, 6.07) is 9.64. The van der Waals surface area contributed by atoms with Crippen LogP contribution in [0.2, 0.25) is 0 Å². The number of rotatable bonds is 4. The van der Waals surface area contributed by atoms with Crippen LogP contribution in [0.3, 0.4) is 0 Å². The van der Waals surface area contributed by atoms with Gasteiger partial charge in [0.25, 0.3) is 5.91 Å². The van der Waals surface area contributed by atoms with Crippen molar-refractivity contribution in [3.05, 3.63) is 52.5 Å². The van der Waals surface area contributed by atoms with Crippen LogP contribution >= 0.6 is 11.3 Å². The molecule has 3 rings (SSSR count). The zero-order valence-corrected chi connectivity index (χ0v) is 12.0. The molecule has 0 spiro atoms. The first-order chi connectivity index (χ1) is 9.81. The van der Waals surface area contributed by atoms with Gasteiger partial charge in [-0.3, -0.25) is 14.7 Å². The molecule has 1 aromatic heterocycles. The van der Waals surface area contributed by atoms with Gasteiger partial charge in [0.15, 0.2) is 0 Å². The number of thiazole rings is 1. The van der Waals surface area contributed by atoms with Gasteiger partial charge in [-0.25, -0.2) is 0 Å². The predicted octanol–water partition coefficient (Wildman–Crippen LogP) is 2.15. The molecule has 2 heterocycles. The minimum absolute atomic E-state index is 0.0234. The third-order valence-electron chi connectivity index (χ3n) is 3.51. The lowest BCUT2D eigenvalue weighted by Gasteiger charge is -2.15. The van der Waals surface area contributed by atoms with E-state index in [0.29, 0.717) is 0 Å². The fraction of sp³-hybridized carbons (Fsp3) is 0.333. The van der Waals surface area contributed by atoms with Gasteiger partial charge in [0.05, 0.1) is 5.51 Å². The van der Waals surface area contributed by atoms with Crippen molar-refractivity contribution in [1.82, 2.24) is 15.2 Å². The number of hydrogen-bond donors (Lipinski definition) is 1. The number of likely N-dealkylation sites (tertiary alicyclic amines) is 1. The second kappa shape index (κ2) is 6.15. The number of hydrogen-bond acceptors (Lipinski definition) is 4. The van der Waals surface area contributed by atoms with Gasteiger partial charge in [-0.2, -0.15) is 0 Å². The summed E-state index contributed by atoms with van der Waals surface area (Å²) in [5, 5.41) is 3.11. The first kappa shape index (κ1) is 13.3. The van der Waals surface area contributed by atoms with Gasteiger partial charge in [0.2, 0.25) is 0 Å². The summed E-state index contributed by atoms with van der Waals surface area (Å²) in [6.07, 6.45) is 2.93. The van der Waals surface area contributed by atoms with Crippen molar-refractivity contribution in [3.8, 4) is 0 Å². The van der Waals surface area contributed by atoms with Gasteiger partial charge in [-0.15, -0.1) is 11.3 Å². The third-order valence-corrected chi connectivity index (χ3v) is 4.27. The summed E-state index contributed by atoms with van der Waals surface area (Å²) in [7, 11) is 0. The van der Waals surface area contributed by atoms with E-state index in [0.717, 1.165) is 31.6 Å². The van der Waals surface area contributed by atoms with Crippen LogP contribution in [0.25, 0.3) is 0 Å². The van der Waals surface area contributed by atoms with Crippen LogP contribution in [0.1, 0.15) is 21.7 Å². The maximum Gasteiger partial charge on any atom is 0.251 e. The van der Waals surface area contributed by atoms with Crippen LogP contribution in [0.5, 0.6) is 0 Å². The van der Waals surface area contributed by atoms with Crippen LogP contribution in [-0.4, -0.2) is 34.9 Å². The Morgan fingerprint density at radius 2 is 2.25 bits per heavy atom. The molecule has 2 aromatic rings. The minimum atomic E-state index is 0.0234. The fourth-order valence-corrected chi connectivity index (χ4v) is 3.13. The van der Waals surface area contributed by atoms with Crippen LogP contribution in [0, 0.1) is 0 Å². The number of amides is 1. The van der Waals surface area contributed by atoms with Crippen LogP contribution < -0.4 is 5.32 Å². The smallest absolute Gasteiger partial charge is 0.251 e. The molecule has 0 saturated carbocycles. The van der Waals surface area contributed by atoms with Crippen LogP contribution in [-0.2, 0) is 6.54 Å². The average molecular weight is 287 g/mol. The Bertz CT molecular complexity index is 556. The molecular formula is C15H17N3OS. The lowest BCUT2D eigenvalue weighted by atomic mass is 10.2. The molecule has 1 fully saturated rings. The molecule has 5 heteroatoms. The standard InChI is InChI=1S/C15H17N3OS/c19-15(12-4-2-1-3-5-12)17-13-6-7-18(9-13)10-14-8-16-11-20-14/h1-5,8,11,13H,6-7,9-10H2,(H,17,19)/t13-/m1/s1. The molecular weight excluding hydrogens is 270 g/mol. The highest BCUT2D eigenvalue weighted by Gasteiger charge is 2.24. The molecule has 1 aliphatic rings. The highest BCUT2D eigenvalue weighted by molar-refractivity contribution is 7.09. The Morgan fingerprint density at radius 3 is 3.00 bits per heavy atom. The third kappa shape index (κ3) is 3.23. The zero-order chi connectivity index (χ0) is 13.8. The lowest BCUT2D eigenvalue weighted by molar-refractivity contribution is 0.0937. The maximum absolute atomic E-state index is 12.1. The van der Waals surface area contributed by atoms with Crippen molar-refractivity contribution >= 4 is 17.2 Å². The van der Waals surface area contributed by atoms with Crippen molar-refractivity contribution in [2.45, 2.75) is 19.0 Å². The molecule has 0 radical (unpaired) electrons. The fourth-order valence-electron chi connectivity index (χ4n) is 2.49. The lowest BCUT2D eigenvalue weighted by Crippen LogP contribution is -2.36. The number of nitrogens with one attached hydrogen (secondary N) is 1. The first-order valence-corrected chi connectivity index (χ1v) is 7.65. The average Bonchev–Trinajstić information content (AvgIpc) is 3.12. The second-order valence-corrected chi connectivity index (χ2v) is 6.00. The van der Waals surface area contributed by atoms with Gasteiger partial charge in [-0.1, -0.05) is 18.2 Å². The molecule has 4 nitrogen and oxygen atoms in total. The van der Waals surface area contributed by atoms with Gasteiger partial charge in [0, 0.05) is 42.3 Å². The van der Waals surface area contributed by atoms with Crippen molar-refractivity contribution < 1.29 is 4.79 Å². The van der Waals surface area contributed by atoms with Crippen LogP contribution in [0.4, 0.5) is 0 Å². The van der Waals surface area contributed by atoms with Crippen molar-refractivity contribution in [3.63, 3.8) is 0 Å². The molecule has 1 aliphatic heterocycles. The van der Waals surface area contributed by atoms with E-state index in [9.17, 15) is 4.79 Å². The van der Waals surface area contributed by atoms with Gasteiger partial charge in [0.1, 0.15) is 0 Å². The van der Waals surface area contributed by atoms with E-state index in [1.807, 2.05) is 42.0 Å². The number of carbonyl (C=O) groups is 1. The van der Waals surface area contributed by atoms with E-state index < -0.39 is 0 Å². The van der Waals surface area contributed by atoms with E-state index in [1.165, 1.54) is 4.88 Å². The van der Waals surface area contributed by atoms with Crippen molar-refractivity contribution in [2.24, 2.45) is 0 Å². The van der Waals surface area contributed by atoms with Gasteiger partial charge in [-0.05, 0) is 18.6 Å². The summed E-state index contributed by atoms with van der Waals surface area (Å²) in [6.45, 7) is 2.87. The van der Waals surface area contributed by atoms with Crippen LogP contribution in [0.15, 0.2) is 42.0 Å². The Hall–Kier alpha value is -1.72. The SMILES string of the molecule is O=C(N[C@@H]1CCN(Cc2cncs2)C1)c1ccccc1. The Morgan fingerprint density at radius 1 is 1.40 bits per heavy atom. The Labute approximate surface area is 122 Å². The van der Waals surface area contributed by atoms with Gasteiger partial charge < -0.3 is 5.32 Å². The highest BCUT2D eigenvalue weighted by Crippen LogP contribution is 2.16. The minimum Gasteiger partial charge on any atom is -0.348 e. The van der Waals surface area contributed by atoms with Gasteiger partial charge >= 0.3 is 0 Å². The molecule has 1 atom stereocenters. The van der Waals surface area contributed by atoms with E-state index in [2.05, 4.69) is 15.2 Å². The number of benzene rings is 1. The highest BCUT2D eigenvalue weighted by atomic mass is 32.1.